The average molecular weight is 269 g/mol. The first kappa shape index (κ1) is 13.4. The molecular formula is C12H19N3O2S. The summed E-state index contributed by atoms with van der Waals surface area (Å²) in [5.41, 5.74) is 0. The van der Waals surface area contributed by atoms with Crippen LogP contribution >= 0.6 is 11.3 Å². The first-order valence-electron chi connectivity index (χ1n) is 6.35. The summed E-state index contributed by atoms with van der Waals surface area (Å²) in [5, 5.41) is 9.49. The fourth-order valence-electron chi connectivity index (χ4n) is 2.01. The maximum Gasteiger partial charge on any atom is 0.285 e. The Morgan fingerprint density at radius 1 is 1.56 bits per heavy atom. The van der Waals surface area contributed by atoms with Gasteiger partial charge in [-0.1, -0.05) is 25.2 Å². The third kappa shape index (κ3) is 2.70. The number of carbonyl (C=O) groups is 1. The van der Waals surface area contributed by atoms with E-state index in [0.717, 1.165) is 18.0 Å². The van der Waals surface area contributed by atoms with Crippen LogP contribution in [0.5, 0.6) is 0 Å². The van der Waals surface area contributed by atoms with Crippen molar-refractivity contribution >= 4 is 17.2 Å². The lowest BCUT2D eigenvalue weighted by Crippen LogP contribution is -2.40. The Labute approximate surface area is 111 Å². The van der Waals surface area contributed by atoms with Gasteiger partial charge in [0.15, 0.2) is 0 Å². The van der Waals surface area contributed by atoms with E-state index in [-0.39, 0.29) is 11.9 Å². The molecule has 0 aromatic carbocycles. The van der Waals surface area contributed by atoms with Gasteiger partial charge in [-0.15, -0.1) is 10.2 Å². The summed E-state index contributed by atoms with van der Waals surface area (Å²) < 4.78 is 5.34. The van der Waals surface area contributed by atoms with Crippen molar-refractivity contribution in [1.82, 2.24) is 15.1 Å². The molecule has 0 unspecified atom stereocenters. The van der Waals surface area contributed by atoms with Crippen molar-refractivity contribution in [2.24, 2.45) is 0 Å². The van der Waals surface area contributed by atoms with Crippen molar-refractivity contribution in [3.8, 4) is 0 Å². The van der Waals surface area contributed by atoms with Gasteiger partial charge in [0.1, 0.15) is 5.01 Å². The minimum atomic E-state index is -0.0163. The highest BCUT2D eigenvalue weighted by Gasteiger charge is 2.29. The van der Waals surface area contributed by atoms with E-state index >= 15 is 0 Å². The molecule has 100 valence electrons. The molecule has 1 atom stereocenters. The number of aromatic nitrogens is 2. The van der Waals surface area contributed by atoms with Gasteiger partial charge in [0.2, 0.25) is 5.01 Å². The molecule has 1 aromatic rings. The van der Waals surface area contributed by atoms with Crippen LogP contribution in [0.3, 0.4) is 0 Å². The van der Waals surface area contributed by atoms with Crippen LogP contribution in [0.4, 0.5) is 0 Å². The predicted octanol–water partition coefficient (Wildman–Crippen LogP) is 1.91. The SMILES string of the molecule is CCN(C(=O)c1nnc(C(C)C)s1)[C@H]1CCOC1. The number of nitrogens with zero attached hydrogens (tertiary/aromatic N) is 3. The van der Waals surface area contributed by atoms with Gasteiger partial charge >= 0.3 is 0 Å². The summed E-state index contributed by atoms with van der Waals surface area (Å²) >= 11 is 1.40. The molecule has 1 saturated heterocycles. The van der Waals surface area contributed by atoms with Crippen molar-refractivity contribution in [1.29, 1.82) is 0 Å². The number of ether oxygens (including phenoxy) is 1. The van der Waals surface area contributed by atoms with Gasteiger partial charge in [0.05, 0.1) is 12.6 Å². The monoisotopic (exact) mass is 269 g/mol. The molecule has 5 nitrogen and oxygen atoms in total. The quantitative estimate of drug-likeness (QED) is 0.838. The van der Waals surface area contributed by atoms with E-state index in [1.165, 1.54) is 11.3 Å². The van der Waals surface area contributed by atoms with Crippen LogP contribution in [-0.2, 0) is 4.74 Å². The minimum absolute atomic E-state index is 0.0163. The summed E-state index contributed by atoms with van der Waals surface area (Å²) in [6.45, 7) is 8.15. The molecule has 1 aromatic heterocycles. The molecule has 0 bridgehead atoms. The molecule has 2 heterocycles. The van der Waals surface area contributed by atoms with E-state index < -0.39 is 0 Å². The van der Waals surface area contributed by atoms with Crippen LogP contribution in [-0.4, -0.2) is 46.8 Å². The molecule has 18 heavy (non-hydrogen) atoms. The standard InChI is InChI=1S/C12H19N3O2S/c1-4-15(9-5-6-17-7-9)12(16)11-14-13-10(18-11)8(2)3/h8-9H,4-7H2,1-3H3/t9-/m0/s1. The van der Waals surface area contributed by atoms with E-state index in [4.69, 9.17) is 4.74 Å². The zero-order valence-corrected chi connectivity index (χ0v) is 11.9. The summed E-state index contributed by atoms with van der Waals surface area (Å²) in [4.78, 5) is 14.2. The number of hydrogen-bond donors (Lipinski definition) is 0. The number of rotatable bonds is 4. The fourth-order valence-corrected chi connectivity index (χ4v) is 2.81. The zero-order valence-electron chi connectivity index (χ0n) is 11.0. The minimum Gasteiger partial charge on any atom is -0.379 e. The van der Waals surface area contributed by atoms with Gasteiger partial charge in [-0.3, -0.25) is 4.79 Å². The maximum absolute atomic E-state index is 12.4. The second kappa shape index (κ2) is 5.75. The van der Waals surface area contributed by atoms with Gasteiger partial charge < -0.3 is 9.64 Å². The van der Waals surface area contributed by atoms with Crippen molar-refractivity contribution in [2.45, 2.75) is 39.2 Å². The second-order valence-corrected chi connectivity index (χ2v) is 5.72. The van der Waals surface area contributed by atoms with Crippen LogP contribution in [0.15, 0.2) is 0 Å². The van der Waals surface area contributed by atoms with Crippen LogP contribution in [0.25, 0.3) is 0 Å². The third-order valence-electron chi connectivity index (χ3n) is 3.07. The maximum atomic E-state index is 12.4. The molecule has 6 heteroatoms. The molecule has 2 rings (SSSR count). The van der Waals surface area contributed by atoms with Gasteiger partial charge in [0.25, 0.3) is 5.91 Å². The van der Waals surface area contributed by atoms with E-state index in [9.17, 15) is 4.79 Å². The Bertz CT molecular complexity index is 413. The Balaban J connectivity index is 2.12. The summed E-state index contributed by atoms with van der Waals surface area (Å²) in [5.74, 6) is 0.298. The lowest BCUT2D eigenvalue weighted by atomic mass is 10.2. The fraction of sp³-hybridized carbons (Fsp3) is 0.750. The Morgan fingerprint density at radius 3 is 2.83 bits per heavy atom. The van der Waals surface area contributed by atoms with E-state index in [0.29, 0.717) is 24.1 Å². The van der Waals surface area contributed by atoms with Crippen molar-refractivity contribution in [3.63, 3.8) is 0 Å². The zero-order chi connectivity index (χ0) is 13.1. The molecule has 0 saturated carbocycles. The van der Waals surface area contributed by atoms with Gasteiger partial charge in [-0.2, -0.15) is 0 Å². The second-order valence-electron chi connectivity index (χ2n) is 4.71. The van der Waals surface area contributed by atoms with Crippen LogP contribution in [0, 0.1) is 0 Å². The largest absolute Gasteiger partial charge is 0.379 e. The normalized spacial score (nSPS) is 19.4. The Kier molecular flexibility index (Phi) is 4.29. The van der Waals surface area contributed by atoms with Crippen molar-refractivity contribution in [2.75, 3.05) is 19.8 Å². The highest BCUT2D eigenvalue weighted by atomic mass is 32.1. The molecule has 0 spiro atoms. The molecule has 1 fully saturated rings. The summed E-state index contributed by atoms with van der Waals surface area (Å²) in [7, 11) is 0. The van der Waals surface area contributed by atoms with Gasteiger partial charge in [-0.25, -0.2) is 0 Å². The molecule has 0 N–H and O–H groups in total. The van der Waals surface area contributed by atoms with Crippen LogP contribution in [0.1, 0.15) is 47.9 Å². The Morgan fingerprint density at radius 2 is 2.33 bits per heavy atom. The first-order valence-corrected chi connectivity index (χ1v) is 7.17. The van der Waals surface area contributed by atoms with Crippen molar-refractivity contribution in [3.05, 3.63) is 10.0 Å². The highest BCUT2D eigenvalue weighted by molar-refractivity contribution is 7.13. The van der Waals surface area contributed by atoms with E-state index in [1.54, 1.807) is 0 Å². The molecule has 0 aliphatic carbocycles. The Hall–Kier alpha value is -1.01. The summed E-state index contributed by atoms with van der Waals surface area (Å²) in [6, 6.07) is 0.189. The number of likely N-dealkylation sites (N-methyl/N-ethyl adjacent to an activating group) is 1. The van der Waals surface area contributed by atoms with Crippen LogP contribution < -0.4 is 0 Å². The number of hydrogen-bond acceptors (Lipinski definition) is 5. The lowest BCUT2D eigenvalue weighted by molar-refractivity contribution is 0.0665. The lowest BCUT2D eigenvalue weighted by Gasteiger charge is -2.25. The number of amides is 1. The van der Waals surface area contributed by atoms with Gasteiger partial charge in [0, 0.05) is 19.1 Å². The van der Waals surface area contributed by atoms with Crippen LogP contribution in [0.2, 0.25) is 0 Å². The first-order chi connectivity index (χ1) is 8.63. The molecule has 1 aliphatic heterocycles. The smallest absolute Gasteiger partial charge is 0.285 e. The third-order valence-corrected chi connectivity index (χ3v) is 4.28. The topological polar surface area (TPSA) is 55.3 Å². The van der Waals surface area contributed by atoms with E-state index in [1.807, 2.05) is 11.8 Å². The van der Waals surface area contributed by atoms with Gasteiger partial charge in [-0.05, 0) is 13.3 Å². The van der Waals surface area contributed by atoms with Crippen molar-refractivity contribution < 1.29 is 9.53 Å². The number of carbonyl (C=O) groups excluding carboxylic acids is 1. The highest BCUT2D eigenvalue weighted by Crippen LogP contribution is 2.22. The molecule has 0 radical (unpaired) electrons. The summed E-state index contributed by atoms with van der Waals surface area (Å²) in [6.07, 6.45) is 0.912. The average Bonchev–Trinajstić information content (AvgIpc) is 3.01. The predicted molar refractivity (Wildman–Crippen MR) is 69.9 cm³/mol. The molecule has 1 aliphatic rings. The molecule has 1 amide bonds. The van der Waals surface area contributed by atoms with E-state index in [2.05, 4.69) is 24.0 Å². The molecular weight excluding hydrogens is 250 g/mol.